The van der Waals surface area contributed by atoms with Gasteiger partial charge in [0, 0.05) is 13.1 Å². The second-order valence-corrected chi connectivity index (χ2v) is 5.58. The van der Waals surface area contributed by atoms with Gasteiger partial charge in [-0.15, -0.1) is 0 Å². The van der Waals surface area contributed by atoms with E-state index < -0.39 is 10.0 Å². The normalized spacial score (nSPS) is 14.5. The molecule has 0 radical (unpaired) electrons. The Kier molecular flexibility index (Phi) is 3.51. The highest BCUT2D eigenvalue weighted by molar-refractivity contribution is 7.89. The summed E-state index contributed by atoms with van der Waals surface area (Å²) in [6, 6.07) is -0.0152. The maximum absolute atomic E-state index is 12.0. The third kappa shape index (κ3) is 2.38. The van der Waals surface area contributed by atoms with Crippen molar-refractivity contribution in [2.75, 3.05) is 7.05 Å². The Morgan fingerprint density at radius 3 is 2.60 bits per heavy atom. The van der Waals surface area contributed by atoms with E-state index in [9.17, 15) is 8.42 Å². The number of aromatic amines is 1. The van der Waals surface area contributed by atoms with Crippen LogP contribution >= 0.6 is 0 Å². The Balaban J connectivity index is 3.03. The molecule has 1 rings (SSSR count). The molecule has 0 aliphatic heterocycles. The zero-order chi connectivity index (χ0) is 11.6. The monoisotopic (exact) mass is 231 g/mol. The first-order valence-electron chi connectivity index (χ1n) is 4.89. The molecular weight excluding hydrogens is 214 g/mol. The smallest absolute Gasteiger partial charge is 0.260 e. The fourth-order valence-electron chi connectivity index (χ4n) is 1.18. The summed E-state index contributed by atoms with van der Waals surface area (Å²) in [5.41, 5.74) is 0. The number of rotatable bonds is 4. The summed E-state index contributed by atoms with van der Waals surface area (Å²) in [5, 5.41) is 0.155. The van der Waals surface area contributed by atoms with Crippen LogP contribution in [0.3, 0.4) is 0 Å². The van der Waals surface area contributed by atoms with Crippen molar-refractivity contribution in [3.63, 3.8) is 0 Å². The Morgan fingerprint density at radius 1 is 1.60 bits per heavy atom. The van der Waals surface area contributed by atoms with Gasteiger partial charge in [0.2, 0.25) is 0 Å². The number of nitrogens with zero attached hydrogens (tertiary/aromatic N) is 2. The molecule has 15 heavy (non-hydrogen) atoms. The van der Waals surface area contributed by atoms with E-state index in [1.807, 2.05) is 13.8 Å². The van der Waals surface area contributed by atoms with Crippen molar-refractivity contribution in [1.29, 1.82) is 0 Å². The van der Waals surface area contributed by atoms with E-state index in [2.05, 4.69) is 9.97 Å². The second kappa shape index (κ2) is 4.32. The van der Waals surface area contributed by atoms with Crippen LogP contribution in [0.15, 0.2) is 11.2 Å². The first kappa shape index (κ1) is 12.2. The summed E-state index contributed by atoms with van der Waals surface area (Å²) in [4.78, 5) is 6.62. The van der Waals surface area contributed by atoms with Gasteiger partial charge in [0.05, 0.1) is 6.20 Å². The second-order valence-electron chi connectivity index (χ2n) is 3.61. The molecule has 0 saturated carbocycles. The van der Waals surface area contributed by atoms with E-state index >= 15 is 0 Å². The van der Waals surface area contributed by atoms with Crippen molar-refractivity contribution < 1.29 is 8.42 Å². The summed E-state index contributed by atoms with van der Waals surface area (Å²) in [6.07, 6.45) is 2.13. The van der Waals surface area contributed by atoms with Gasteiger partial charge in [0.25, 0.3) is 10.0 Å². The molecule has 0 bridgehead atoms. The Hall–Kier alpha value is -0.880. The number of aromatic nitrogens is 2. The van der Waals surface area contributed by atoms with Crippen molar-refractivity contribution in [1.82, 2.24) is 14.3 Å². The Morgan fingerprint density at radius 2 is 2.20 bits per heavy atom. The van der Waals surface area contributed by atoms with Crippen LogP contribution in [0.4, 0.5) is 0 Å². The zero-order valence-corrected chi connectivity index (χ0v) is 10.3. The molecule has 0 amide bonds. The van der Waals surface area contributed by atoms with Crippen molar-refractivity contribution in [2.24, 2.45) is 0 Å². The number of sulfonamides is 1. The molecule has 0 aliphatic carbocycles. The van der Waals surface area contributed by atoms with E-state index in [0.29, 0.717) is 5.82 Å². The fourth-order valence-corrected chi connectivity index (χ4v) is 2.57. The molecule has 1 heterocycles. The SMILES string of the molecule is CCC(C)N(C)S(=O)(=O)c1cnc(C)[nH]1. The number of nitrogens with one attached hydrogen (secondary N) is 1. The van der Waals surface area contributed by atoms with E-state index in [1.165, 1.54) is 10.5 Å². The highest BCUT2D eigenvalue weighted by Crippen LogP contribution is 2.15. The lowest BCUT2D eigenvalue weighted by molar-refractivity contribution is 0.379. The first-order valence-corrected chi connectivity index (χ1v) is 6.33. The molecule has 1 atom stereocenters. The lowest BCUT2D eigenvalue weighted by atomic mass is 10.3. The summed E-state index contributed by atoms with van der Waals surface area (Å²) in [5.74, 6) is 0.603. The van der Waals surface area contributed by atoms with E-state index in [-0.39, 0.29) is 11.1 Å². The van der Waals surface area contributed by atoms with E-state index in [0.717, 1.165) is 6.42 Å². The fraction of sp³-hybridized carbons (Fsp3) is 0.667. The van der Waals surface area contributed by atoms with Crippen molar-refractivity contribution >= 4 is 10.0 Å². The predicted molar refractivity (Wildman–Crippen MR) is 58.0 cm³/mol. The molecule has 5 nitrogen and oxygen atoms in total. The van der Waals surface area contributed by atoms with Gasteiger partial charge in [-0.2, -0.15) is 4.31 Å². The van der Waals surface area contributed by atoms with E-state index in [1.54, 1.807) is 14.0 Å². The van der Waals surface area contributed by atoms with E-state index in [4.69, 9.17) is 0 Å². The van der Waals surface area contributed by atoms with Crippen LogP contribution in [0, 0.1) is 6.92 Å². The topological polar surface area (TPSA) is 66.1 Å². The quantitative estimate of drug-likeness (QED) is 0.845. The average molecular weight is 231 g/mol. The lowest BCUT2D eigenvalue weighted by Gasteiger charge is -2.21. The Labute approximate surface area is 90.6 Å². The summed E-state index contributed by atoms with van der Waals surface area (Å²) >= 11 is 0. The summed E-state index contributed by atoms with van der Waals surface area (Å²) in [7, 11) is -1.83. The minimum absolute atomic E-state index is 0.0152. The van der Waals surface area contributed by atoms with Crippen molar-refractivity contribution in [3.8, 4) is 0 Å². The maximum atomic E-state index is 12.0. The molecule has 0 aromatic carbocycles. The standard InChI is InChI=1S/C9H17N3O2S/c1-5-7(2)12(4)15(13,14)9-6-10-8(3)11-9/h6-7H,5H2,1-4H3,(H,10,11). The lowest BCUT2D eigenvalue weighted by Crippen LogP contribution is -2.34. The predicted octanol–water partition coefficient (Wildman–Crippen LogP) is 1.14. The van der Waals surface area contributed by atoms with Crippen LogP contribution in [-0.2, 0) is 10.0 Å². The highest BCUT2D eigenvalue weighted by Gasteiger charge is 2.25. The minimum Gasteiger partial charge on any atom is -0.332 e. The number of hydrogen-bond donors (Lipinski definition) is 1. The summed E-state index contributed by atoms with van der Waals surface area (Å²) in [6.45, 7) is 5.55. The van der Waals surface area contributed by atoms with Crippen molar-refractivity contribution in [2.45, 2.75) is 38.3 Å². The highest BCUT2D eigenvalue weighted by atomic mass is 32.2. The van der Waals surface area contributed by atoms with Crippen LogP contribution in [-0.4, -0.2) is 35.8 Å². The Bertz CT molecular complexity index is 424. The number of aryl methyl sites for hydroxylation is 1. The molecular formula is C9H17N3O2S. The number of H-pyrrole nitrogens is 1. The molecule has 1 unspecified atom stereocenters. The largest absolute Gasteiger partial charge is 0.332 e. The van der Waals surface area contributed by atoms with Gasteiger partial charge in [0.1, 0.15) is 5.82 Å². The number of hydrogen-bond acceptors (Lipinski definition) is 3. The third-order valence-corrected chi connectivity index (χ3v) is 4.43. The molecule has 0 saturated heterocycles. The maximum Gasteiger partial charge on any atom is 0.260 e. The summed E-state index contributed by atoms with van der Waals surface area (Å²) < 4.78 is 25.4. The zero-order valence-electron chi connectivity index (χ0n) is 9.48. The molecule has 1 aromatic rings. The molecule has 0 aliphatic rings. The molecule has 6 heteroatoms. The molecule has 0 spiro atoms. The van der Waals surface area contributed by atoms with Gasteiger partial charge in [-0.1, -0.05) is 6.92 Å². The van der Waals surface area contributed by atoms with Gasteiger partial charge in [-0.25, -0.2) is 13.4 Å². The van der Waals surface area contributed by atoms with Gasteiger partial charge < -0.3 is 4.98 Å². The first-order chi connectivity index (χ1) is 6.89. The average Bonchev–Trinajstić information content (AvgIpc) is 2.63. The van der Waals surface area contributed by atoms with Gasteiger partial charge in [0.15, 0.2) is 5.03 Å². The molecule has 1 N–H and O–H groups in total. The van der Waals surface area contributed by atoms with Crippen LogP contribution in [0.1, 0.15) is 26.1 Å². The van der Waals surface area contributed by atoms with Gasteiger partial charge >= 0.3 is 0 Å². The van der Waals surface area contributed by atoms with Gasteiger partial charge in [-0.05, 0) is 20.3 Å². The molecule has 86 valence electrons. The molecule has 0 fully saturated rings. The third-order valence-electron chi connectivity index (χ3n) is 2.55. The van der Waals surface area contributed by atoms with Crippen LogP contribution in [0.5, 0.6) is 0 Å². The number of imidazole rings is 1. The van der Waals surface area contributed by atoms with Crippen LogP contribution in [0.2, 0.25) is 0 Å². The van der Waals surface area contributed by atoms with Crippen molar-refractivity contribution in [3.05, 3.63) is 12.0 Å². The van der Waals surface area contributed by atoms with Crippen LogP contribution in [0.25, 0.3) is 0 Å². The van der Waals surface area contributed by atoms with Gasteiger partial charge in [-0.3, -0.25) is 0 Å². The minimum atomic E-state index is -3.41. The molecule has 1 aromatic heterocycles. The van der Waals surface area contributed by atoms with Crippen LogP contribution < -0.4 is 0 Å².